The van der Waals surface area contributed by atoms with Gasteiger partial charge in [0.05, 0.1) is 12.5 Å². The van der Waals surface area contributed by atoms with Gasteiger partial charge in [-0.1, -0.05) is 18.2 Å². The van der Waals surface area contributed by atoms with Gasteiger partial charge in [-0.15, -0.1) is 0 Å². The Labute approximate surface area is 160 Å². The number of hydrogen-bond acceptors (Lipinski definition) is 5. The standard InChI is InChI=1S/C22H16N2O4/c23-10-3-11-24-13-18(17-4-1-2-5-19(17)24)20(25)14-27-16-8-6-15-7-9-22(26)28-21(15)12-16/h1-2,4-9,12-13H,3,11,14H2. The van der Waals surface area contributed by atoms with Crippen LogP contribution in [0.25, 0.3) is 21.9 Å². The number of Topliss-reactive ketones (excluding diaryl/α,β-unsaturated/α-hetero) is 1. The summed E-state index contributed by atoms with van der Waals surface area (Å²) in [4.78, 5) is 24.1. The second kappa shape index (κ2) is 7.41. The summed E-state index contributed by atoms with van der Waals surface area (Å²) in [6, 6.07) is 17.8. The van der Waals surface area contributed by atoms with E-state index >= 15 is 0 Å². The van der Waals surface area contributed by atoms with Gasteiger partial charge >= 0.3 is 5.63 Å². The highest BCUT2D eigenvalue weighted by molar-refractivity contribution is 6.08. The fourth-order valence-electron chi connectivity index (χ4n) is 3.18. The number of ketones is 1. The van der Waals surface area contributed by atoms with Gasteiger partial charge in [0.1, 0.15) is 11.3 Å². The Balaban J connectivity index is 1.57. The topological polar surface area (TPSA) is 85.2 Å². The molecule has 0 atom stereocenters. The molecular formula is C22H16N2O4. The molecule has 0 unspecified atom stereocenters. The molecule has 0 bridgehead atoms. The number of nitrogens with zero attached hydrogens (tertiary/aromatic N) is 2. The normalized spacial score (nSPS) is 10.8. The molecule has 138 valence electrons. The number of nitriles is 1. The van der Waals surface area contributed by atoms with Crippen LogP contribution in [0.4, 0.5) is 0 Å². The lowest BCUT2D eigenvalue weighted by atomic mass is 10.1. The van der Waals surface area contributed by atoms with Gasteiger partial charge in [-0.3, -0.25) is 4.79 Å². The molecule has 0 radical (unpaired) electrons. The van der Waals surface area contributed by atoms with Crippen molar-refractivity contribution < 1.29 is 13.9 Å². The first-order valence-corrected chi connectivity index (χ1v) is 8.80. The van der Waals surface area contributed by atoms with Gasteiger partial charge in [-0.05, 0) is 24.3 Å². The van der Waals surface area contributed by atoms with E-state index in [-0.39, 0.29) is 12.4 Å². The third-order valence-electron chi connectivity index (χ3n) is 4.52. The number of carbonyl (C=O) groups is 1. The van der Waals surface area contributed by atoms with Gasteiger partial charge in [0.25, 0.3) is 0 Å². The predicted octanol–water partition coefficient (Wildman–Crippen LogP) is 3.92. The molecular weight excluding hydrogens is 356 g/mol. The van der Waals surface area contributed by atoms with E-state index in [0.29, 0.717) is 29.9 Å². The molecule has 4 rings (SSSR count). The molecule has 0 saturated carbocycles. The van der Waals surface area contributed by atoms with Crippen molar-refractivity contribution in [2.75, 3.05) is 6.61 Å². The summed E-state index contributed by atoms with van der Waals surface area (Å²) in [5.74, 6) is 0.282. The SMILES string of the molecule is N#CCCn1cc(C(=O)COc2ccc3ccc(=O)oc3c2)c2ccccc21. The van der Waals surface area contributed by atoms with Gasteiger partial charge in [0, 0.05) is 46.7 Å². The highest BCUT2D eigenvalue weighted by Crippen LogP contribution is 2.23. The maximum atomic E-state index is 12.8. The number of aromatic nitrogens is 1. The van der Waals surface area contributed by atoms with E-state index in [4.69, 9.17) is 14.4 Å². The van der Waals surface area contributed by atoms with Crippen LogP contribution in [0, 0.1) is 11.3 Å². The molecule has 6 nitrogen and oxygen atoms in total. The zero-order valence-electron chi connectivity index (χ0n) is 14.9. The molecule has 0 fully saturated rings. The van der Waals surface area contributed by atoms with Crippen LogP contribution in [0.1, 0.15) is 16.8 Å². The summed E-state index contributed by atoms with van der Waals surface area (Å²) in [7, 11) is 0. The van der Waals surface area contributed by atoms with Gasteiger partial charge in [0.2, 0.25) is 5.78 Å². The van der Waals surface area contributed by atoms with Crippen LogP contribution in [0.15, 0.2) is 70.0 Å². The third kappa shape index (κ3) is 3.38. The van der Waals surface area contributed by atoms with Crippen molar-refractivity contribution in [3.8, 4) is 11.8 Å². The molecule has 2 aromatic carbocycles. The quantitative estimate of drug-likeness (QED) is 0.378. The number of hydrogen-bond donors (Lipinski definition) is 0. The summed E-state index contributed by atoms with van der Waals surface area (Å²) in [6.07, 6.45) is 2.14. The molecule has 28 heavy (non-hydrogen) atoms. The molecule has 2 heterocycles. The molecule has 0 spiro atoms. The Morgan fingerprint density at radius 1 is 1.14 bits per heavy atom. The fraction of sp³-hybridized carbons (Fsp3) is 0.136. The minimum atomic E-state index is -0.439. The summed E-state index contributed by atoms with van der Waals surface area (Å²) < 4.78 is 12.7. The van der Waals surface area contributed by atoms with E-state index in [0.717, 1.165) is 16.3 Å². The highest BCUT2D eigenvalue weighted by Gasteiger charge is 2.15. The summed E-state index contributed by atoms with van der Waals surface area (Å²) >= 11 is 0. The molecule has 0 aliphatic carbocycles. The first-order chi connectivity index (χ1) is 13.7. The Bertz CT molecular complexity index is 1280. The third-order valence-corrected chi connectivity index (χ3v) is 4.52. The number of benzene rings is 2. The van der Waals surface area contributed by atoms with Crippen LogP contribution in [0.5, 0.6) is 5.75 Å². The average Bonchev–Trinajstić information content (AvgIpc) is 3.09. The highest BCUT2D eigenvalue weighted by atomic mass is 16.5. The monoisotopic (exact) mass is 372 g/mol. The summed E-state index contributed by atoms with van der Waals surface area (Å²) in [6.45, 7) is 0.379. The van der Waals surface area contributed by atoms with Crippen molar-refractivity contribution in [2.45, 2.75) is 13.0 Å². The largest absolute Gasteiger partial charge is 0.485 e. The fourth-order valence-corrected chi connectivity index (χ4v) is 3.18. The number of fused-ring (bicyclic) bond motifs is 2. The van der Waals surface area contributed by atoms with Gasteiger partial charge < -0.3 is 13.7 Å². The van der Waals surface area contributed by atoms with Crippen molar-refractivity contribution >= 4 is 27.7 Å². The molecule has 2 aromatic heterocycles. The number of aryl methyl sites for hydroxylation is 1. The number of ether oxygens (including phenoxy) is 1. The van der Waals surface area contributed by atoms with E-state index in [9.17, 15) is 9.59 Å². The average molecular weight is 372 g/mol. The molecule has 0 N–H and O–H groups in total. The number of rotatable bonds is 6. The summed E-state index contributed by atoms with van der Waals surface area (Å²) in [5.41, 5.74) is 1.44. The molecule has 0 saturated heterocycles. The molecule has 6 heteroatoms. The molecule has 0 amide bonds. The van der Waals surface area contributed by atoms with E-state index in [1.54, 1.807) is 30.5 Å². The second-order valence-corrected chi connectivity index (χ2v) is 6.33. The van der Waals surface area contributed by atoms with E-state index < -0.39 is 5.63 Å². The lowest BCUT2D eigenvalue weighted by molar-refractivity contribution is 0.0923. The van der Waals surface area contributed by atoms with Gasteiger partial charge in [0.15, 0.2) is 6.61 Å². The zero-order chi connectivity index (χ0) is 19.5. The number of carbonyl (C=O) groups excluding carboxylic acids is 1. The van der Waals surface area contributed by atoms with E-state index in [1.165, 1.54) is 6.07 Å². The van der Waals surface area contributed by atoms with Crippen LogP contribution in [0.2, 0.25) is 0 Å². The maximum Gasteiger partial charge on any atom is 0.336 e. The zero-order valence-corrected chi connectivity index (χ0v) is 14.9. The van der Waals surface area contributed by atoms with Gasteiger partial charge in [-0.2, -0.15) is 5.26 Å². The lowest BCUT2D eigenvalue weighted by Crippen LogP contribution is -2.11. The van der Waals surface area contributed by atoms with Gasteiger partial charge in [-0.25, -0.2) is 4.79 Å². The first-order valence-electron chi connectivity index (χ1n) is 8.80. The van der Waals surface area contributed by atoms with Crippen LogP contribution >= 0.6 is 0 Å². The van der Waals surface area contributed by atoms with Crippen molar-refractivity contribution in [3.05, 3.63) is 76.8 Å². The molecule has 0 aliphatic rings. The lowest BCUT2D eigenvalue weighted by Gasteiger charge is -2.06. The minimum absolute atomic E-state index is 0.144. The second-order valence-electron chi connectivity index (χ2n) is 6.33. The Morgan fingerprint density at radius 2 is 1.96 bits per heavy atom. The van der Waals surface area contributed by atoms with Crippen molar-refractivity contribution in [1.29, 1.82) is 5.26 Å². The van der Waals surface area contributed by atoms with Crippen molar-refractivity contribution in [3.63, 3.8) is 0 Å². The van der Waals surface area contributed by atoms with Crippen LogP contribution in [-0.4, -0.2) is 17.0 Å². The van der Waals surface area contributed by atoms with Crippen molar-refractivity contribution in [1.82, 2.24) is 4.57 Å². The number of para-hydroxylation sites is 1. The maximum absolute atomic E-state index is 12.8. The minimum Gasteiger partial charge on any atom is -0.485 e. The van der Waals surface area contributed by atoms with Crippen LogP contribution in [0.3, 0.4) is 0 Å². The van der Waals surface area contributed by atoms with E-state index in [1.807, 2.05) is 28.8 Å². The Kier molecular flexibility index (Phi) is 4.65. The molecule has 0 aliphatic heterocycles. The molecule has 4 aromatic rings. The van der Waals surface area contributed by atoms with Crippen LogP contribution < -0.4 is 10.4 Å². The Hall–Kier alpha value is -3.85. The Morgan fingerprint density at radius 3 is 2.82 bits per heavy atom. The summed E-state index contributed by atoms with van der Waals surface area (Å²) in [5, 5.41) is 10.4. The smallest absolute Gasteiger partial charge is 0.336 e. The van der Waals surface area contributed by atoms with E-state index in [2.05, 4.69) is 6.07 Å². The van der Waals surface area contributed by atoms with Crippen molar-refractivity contribution in [2.24, 2.45) is 0 Å². The first kappa shape index (κ1) is 17.6. The van der Waals surface area contributed by atoms with Crippen LogP contribution in [-0.2, 0) is 6.54 Å². The predicted molar refractivity (Wildman–Crippen MR) is 104 cm³/mol.